The molecule has 3 aliphatic rings. The van der Waals surface area contributed by atoms with Crippen molar-refractivity contribution in [3.63, 3.8) is 0 Å². The number of aliphatic carboxylic acids is 1. The van der Waals surface area contributed by atoms with Crippen LogP contribution >= 0.6 is 0 Å². The van der Waals surface area contributed by atoms with Gasteiger partial charge >= 0.3 is 5.97 Å². The van der Waals surface area contributed by atoms with Crippen LogP contribution in [-0.4, -0.2) is 66.2 Å². The third kappa shape index (κ3) is 2.42. The number of fused-ring (bicyclic) bond motifs is 3. The van der Waals surface area contributed by atoms with Gasteiger partial charge in [-0.1, -0.05) is 25.1 Å². The number of para-hydroxylation sites is 1. The van der Waals surface area contributed by atoms with Crippen molar-refractivity contribution in [2.75, 3.05) is 39.3 Å². The molecule has 0 amide bonds. The fraction of sp³-hybridized carbons (Fsp3) is 0.632. The monoisotopic (exact) mass is 330 g/mol. The molecule has 1 aromatic carbocycles. The van der Waals surface area contributed by atoms with Crippen LogP contribution < -0.4 is 4.74 Å². The molecule has 0 aromatic heterocycles. The number of rotatable bonds is 3. The van der Waals surface area contributed by atoms with Crippen LogP contribution in [0.4, 0.5) is 0 Å². The van der Waals surface area contributed by atoms with Crippen molar-refractivity contribution in [1.29, 1.82) is 0 Å². The van der Waals surface area contributed by atoms with Crippen LogP contribution in [0.3, 0.4) is 0 Å². The summed E-state index contributed by atoms with van der Waals surface area (Å²) in [7, 11) is 0. The second kappa shape index (κ2) is 6.05. The van der Waals surface area contributed by atoms with Gasteiger partial charge in [0.15, 0.2) is 0 Å². The van der Waals surface area contributed by atoms with Gasteiger partial charge in [0.1, 0.15) is 17.8 Å². The Morgan fingerprint density at radius 2 is 2.08 bits per heavy atom. The van der Waals surface area contributed by atoms with Crippen molar-refractivity contribution >= 4 is 5.97 Å². The van der Waals surface area contributed by atoms with E-state index in [2.05, 4.69) is 16.7 Å². The zero-order valence-electron chi connectivity index (χ0n) is 14.3. The Morgan fingerprint density at radius 1 is 1.33 bits per heavy atom. The Balaban J connectivity index is 1.59. The third-order valence-electron chi connectivity index (χ3n) is 6.30. The highest BCUT2D eigenvalue weighted by Crippen LogP contribution is 2.50. The number of carboxylic acid groups (broad SMARTS) is 1. The van der Waals surface area contributed by atoms with E-state index in [0.717, 1.165) is 50.3 Å². The van der Waals surface area contributed by atoms with Crippen molar-refractivity contribution in [3.8, 4) is 5.75 Å². The van der Waals surface area contributed by atoms with Crippen LogP contribution in [0.15, 0.2) is 24.3 Å². The van der Waals surface area contributed by atoms with Gasteiger partial charge in [0, 0.05) is 25.0 Å². The van der Waals surface area contributed by atoms with Gasteiger partial charge in [0.25, 0.3) is 0 Å². The summed E-state index contributed by atoms with van der Waals surface area (Å²) in [6.45, 7) is 7.29. The normalized spacial score (nSPS) is 31.3. The molecule has 3 heterocycles. The zero-order valence-corrected chi connectivity index (χ0v) is 14.3. The molecule has 5 nitrogen and oxygen atoms in total. The maximum Gasteiger partial charge on any atom is 0.315 e. The standard InChI is InChI=1S/C19H26N2O3/c1-2-20-9-7-14(8-10-20)21-11-16-15-5-3-4-6-17(15)24-13-19(16,12-21)18(22)23/h3-6,14,16H,2,7-13H2,1H3,(H,22,23)/t16-,19-/m1/s1. The molecular weight excluding hydrogens is 304 g/mol. The van der Waals surface area contributed by atoms with Crippen molar-refractivity contribution < 1.29 is 14.6 Å². The topological polar surface area (TPSA) is 53.0 Å². The first-order chi connectivity index (χ1) is 11.6. The van der Waals surface area contributed by atoms with E-state index in [1.807, 2.05) is 24.3 Å². The van der Waals surface area contributed by atoms with E-state index in [1.54, 1.807) is 0 Å². The molecule has 0 saturated carbocycles. The van der Waals surface area contributed by atoms with E-state index >= 15 is 0 Å². The summed E-state index contributed by atoms with van der Waals surface area (Å²) in [6.07, 6.45) is 2.28. The van der Waals surface area contributed by atoms with Gasteiger partial charge in [-0.2, -0.15) is 0 Å². The summed E-state index contributed by atoms with van der Waals surface area (Å²) in [5, 5.41) is 10.0. The summed E-state index contributed by atoms with van der Waals surface area (Å²) in [6, 6.07) is 8.45. The van der Waals surface area contributed by atoms with E-state index < -0.39 is 11.4 Å². The molecule has 2 fully saturated rings. The van der Waals surface area contributed by atoms with Gasteiger partial charge in [-0.15, -0.1) is 0 Å². The number of nitrogens with zero attached hydrogens (tertiary/aromatic N) is 2. The van der Waals surface area contributed by atoms with Gasteiger partial charge in [0.2, 0.25) is 0 Å². The van der Waals surface area contributed by atoms with E-state index in [1.165, 1.54) is 0 Å². The van der Waals surface area contributed by atoms with Gasteiger partial charge in [-0.25, -0.2) is 0 Å². The number of ether oxygens (including phenoxy) is 1. The first-order valence-corrected chi connectivity index (χ1v) is 9.05. The molecule has 2 atom stereocenters. The van der Waals surface area contributed by atoms with Crippen LogP contribution in [-0.2, 0) is 4.79 Å². The third-order valence-corrected chi connectivity index (χ3v) is 6.30. The van der Waals surface area contributed by atoms with Gasteiger partial charge < -0.3 is 14.7 Å². The lowest BCUT2D eigenvalue weighted by molar-refractivity contribution is -0.152. The minimum atomic E-state index is -0.795. The number of carboxylic acids is 1. The number of likely N-dealkylation sites (tertiary alicyclic amines) is 2. The highest BCUT2D eigenvalue weighted by atomic mass is 16.5. The molecule has 0 aliphatic carbocycles. The van der Waals surface area contributed by atoms with Crippen LogP contribution in [0.25, 0.3) is 0 Å². The van der Waals surface area contributed by atoms with E-state index in [4.69, 9.17) is 4.74 Å². The van der Waals surface area contributed by atoms with Crippen LogP contribution in [0.5, 0.6) is 5.75 Å². The van der Waals surface area contributed by atoms with Gasteiger partial charge in [0.05, 0.1) is 0 Å². The van der Waals surface area contributed by atoms with Crippen molar-refractivity contribution in [3.05, 3.63) is 29.8 Å². The van der Waals surface area contributed by atoms with E-state index in [-0.39, 0.29) is 12.5 Å². The van der Waals surface area contributed by atoms with Crippen LogP contribution in [0.1, 0.15) is 31.2 Å². The molecule has 0 radical (unpaired) electrons. The molecular formula is C19H26N2O3. The fourth-order valence-corrected chi connectivity index (χ4v) is 4.75. The Bertz CT molecular complexity index is 627. The average Bonchev–Trinajstić information content (AvgIpc) is 3.03. The molecule has 1 N–H and O–H groups in total. The smallest absolute Gasteiger partial charge is 0.315 e. The summed E-state index contributed by atoms with van der Waals surface area (Å²) in [4.78, 5) is 17.1. The van der Waals surface area contributed by atoms with Gasteiger partial charge in [-0.3, -0.25) is 9.69 Å². The second-order valence-electron chi connectivity index (χ2n) is 7.44. The second-order valence-corrected chi connectivity index (χ2v) is 7.44. The molecule has 0 bridgehead atoms. The number of piperidine rings is 1. The van der Waals surface area contributed by atoms with Crippen LogP contribution in [0, 0.1) is 5.41 Å². The highest BCUT2D eigenvalue weighted by molar-refractivity contribution is 5.78. The van der Waals surface area contributed by atoms with Crippen molar-refractivity contribution in [1.82, 2.24) is 9.80 Å². The predicted molar refractivity (Wildman–Crippen MR) is 91.5 cm³/mol. The number of hydrogen-bond acceptors (Lipinski definition) is 4. The molecule has 2 saturated heterocycles. The Hall–Kier alpha value is -1.59. The minimum Gasteiger partial charge on any atom is -0.492 e. The Kier molecular flexibility index (Phi) is 4.01. The molecule has 0 unspecified atom stereocenters. The van der Waals surface area contributed by atoms with Gasteiger partial charge in [-0.05, 0) is 44.1 Å². The minimum absolute atomic E-state index is 0.0316. The molecule has 3 aliphatic heterocycles. The first-order valence-electron chi connectivity index (χ1n) is 9.05. The molecule has 5 heteroatoms. The lowest BCUT2D eigenvalue weighted by Gasteiger charge is -2.37. The molecule has 1 aromatic rings. The number of carbonyl (C=O) groups is 1. The number of benzene rings is 1. The molecule has 4 rings (SSSR count). The summed E-state index contributed by atoms with van der Waals surface area (Å²) in [5.41, 5.74) is 0.274. The first kappa shape index (κ1) is 15.9. The van der Waals surface area contributed by atoms with E-state index in [0.29, 0.717) is 12.6 Å². The summed E-state index contributed by atoms with van der Waals surface area (Å²) >= 11 is 0. The maximum absolute atomic E-state index is 12.2. The Labute approximate surface area is 143 Å². The molecule has 24 heavy (non-hydrogen) atoms. The Morgan fingerprint density at radius 3 is 2.79 bits per heavy atom. The quantitative estimate of drug-likeness (QED) is 0.919. The van der Waals surface area contributed by atoms with Crippen LogP contribution in [0.2, 0.25) is 0 Å². The van der Waals surface area contributed by atoms with Crippen molar-refractivity contribution in [2.45, 2.75) is 31.7 Å². The average molecular weight is 330 g/mol. The van der Waals surface area contributed by atoms with E-state index in [9.17, 15) is 9.90 Å². The highest BCUT2D eigenvalue weighted by Gasteiger charge is 2.57. The zero-order chi connectivity index (χ0) is 16.7. The summed E-state index contributed by atoms with van der Waals surface area (Å²) in [5.74, 6) is 0.182. The largest absolute Gasteiger partial charge is 0.492 e. The lowest BCUT2D eigenvalue weighted by Crippen LogP contribution is -2.48. The lowest BCUT2D eigenvalue weighted by atomic mass is 9.73. The summed E-state index contributed by atoms with van der Waals surface area (Å²) < 4.78 is 5.86. The van der Waals surface area contributed by atoms with Crippen molar-refractivity contribution in [2.24, 2.45) is 5.41 Å². The maximum atomic E-state index is 12.2. The molecule has 130 valence electrons. The SMILES string of the molecule is CCN1CCC(N2C[C@@H]3c4ccccc4OC[C@]3(C(=O)O)C2)CC1. The molecule has 0 spiro atoms. The number of hydrogen-bond donors (Lipinski definition) is 1. The fourth-order valence-electron chi connectivity index (χ4n) is 4.75. The predicted octanol–water partition coefficient (Wildman–Crippen LogP) is 2.03.